The van der Waals surface area contributed by atoms with E-state index >= 15 is 0 Å². The average Bonchev–Trinajstić information content (AvgIpc) is 2.77. The zero-order valence-corrected chi connectivity index (χ0v) is 13.8. The van der Waals surface area contributed by atoms with Gasteiger partial charge in [-0.25, -0.2) is 9.24 Å². The van der Waals surface area contributed by atoms with E-state index in [1.54, 1.807) is 11.6 Å². The Morgan fingerprint density at radius 1 is 1.29 bits per heavy atom. The summed E-state index contributed by atoms with van der Waals surface area (Å²) in [7, 11) is -3.58. The summed E-state index contributed by atoms with van der Waals surface area (Å²) in [6.45, 7) is 9.37. The summed E-state index contributed by atoms with van der Waals surface area (Å²) in [5.41, 5.74) is 5.54. The Morgan fingerprint density at radius 2 is 1.71 bits per heavy atom. The first-order valence-electron chi connectivity index (χ1n) is 6.91. The van der Waals surface area contributed by atoms with Crippen LogP contribution in [0.4, 0.5) is 0 Å². The molecule has 7 nitrogen and oxygen atoms in total. The molecule has 126 valence electrons. The molecular formula is C13H29N2O5P. The lowest BCUT2D eigenvalue weighted by molar-refractivity contribution is -0.0980. The van der Waals surface area contributed by atoms with Crippen LogP contribution in [-0.2, 0) is 13.9 Å². The molecule has 0 amide bonds. The maximum atomic E-state index is 11.8. The molecule has 1 fully saturated rings. The predicted octanol–water partition coefficient (Wildman–Crippen LogP) is 1.31. The monoisotopic (exact) mass is 324 g/mol. The largest absolute Gasteiger partial charge is 0.405 e. The van der Waals surface area contributed by atoms with Crippen molar-refractivity contribution < 1.29 is 23.9 Å². The van der Waals surface area contributed by atoms with Crippen LogP contribution in [-0.4, -0.2) is 54.3 Å². The van der Waals surface area contributed by atoms with Crippen LogP contribution in [0.2, 0.25) is 0 Å². The molecule has 0 aromatic rings. The molecule has 1 unspecified atom stereocenters. The minimum Gasteiger partial charge on any atom is -0.395 e. The van der Waals surface area contributed by atoms with Crippen molar-refractivity contribution in [3.05, 3.63) is 12.2 Å². The molecule has 4 N–H and O–H groups in total. The summed E-state index contributed by atoms with van der Waals surface area (Å²) in [4.78, 5) is 17.7. The van der Waals surface area contributed by atoms with Crippen LogP contribution in [0.1, 0.15) is 32.6 Å². The van der Waals surface area contributed by atoms with Gasteiger partial charge < -0.3 is 20.5 Å². The Balaban J connectivity index is 0. The Labute approximate surface area is 127 Å². The number of nitrogens with two attached hydrogens (primary N) is 1. The molecule has 0 aliphatic carbocycles. The second-order valence-corrected chi connectivity index (χ2v) is 6.41. The van der Waals surface area contributed by atoms with E-state index < -0.39 is 7.75 Å². The summed E-state index contributed by atoms with van der Waals surface area (Å²) >= 11 is 0. The van der Waals surface area contributed by atoms with Gasteiger partial charge in [0.05, 0.1) is 13.2 Å². The molecule has 0 aromatic heterocycles. The third-order valence-corrected chi connectivity index (χ3v) is 4.13. The fourth-order valence-electron chi connectivity index (χ4n) is 1.58. The summed E-state index contributed by atoms with van der Waals surface area (Å²) in [6, 6.07) is 0. The van der Waals surface area contributed by atoms with Gasteiger partial charge in [0.25, 0.3) is 0 Å². The van der Waals surface area contributed by atoms with Gasteiger partial charge in [-0.2, -0.15) is 0 Å². The molecule has 1 aliphatic heterocycles. The van der Waals surface area contributed by atoms with Crippen LogP contribution in [0.5, 0.6) is 0 Å². The molecule has 1 heterocycles. The number of rotatable bonds is 5. The smallest absolute Gasteiger partial charge is 0.395 e. The highest BCUT2D eigenvalue weighted by Gasteiger charge is 2.29. The minimum absolute atomic E-state index is 0.0972. The first kappa shape index (κ1) is 22.7. The summed E-state index contributed by atoms with van der Waals surface area (Å²) in [5, 5.41) is 7.75. The van der Waals surface area contributed by atoms with Gasteiger partial charge >= 0.3 is 7.75 Å². The number of hydrogen-bond donors (Lipinski definition) is 3. The molecule has 0 aromatic carbocycles. The van der Waals surface area contributed by atoms with E-state index in [0.29, 0.717) is 19.6 Å². The van der Waals surface area contributed by atoms with Crippen LogP contribution in [0.25, 0.3) is 0 Å². The zero-order valence-electron chi connectivity index (χ0n) is 12.9. The SMILES string of the molecule is C=C(C)COP(=O)(O)N1CCCCCC1.C=O.NCCO. The van der Waals surface area contributed by atoms with E-state index in [2.05, 4.69) is 6.58 Å². The summed E-state index contributed by atoms with van der Waals surface area (Å²) < 4.78 is 18.4. The molecule has 1 aliphatic rings. The van der Waals surface area contributed by atoms with Crippen LogP contribution < -0.4 is 5.73 Å². The van der Waals surface area contributed by atoms with Crippen molar-refractivity contribution in [3.63, 3.8) is 0 Å². The summed E-state index contributed by atoms with van der Waals surface area (Å²) in [6.07, 6.45) is 4.22. The molecule has 1 atom stereocenters. The van der Waals surface area contributed by atoms with Gasteiger partial charge in [-0.1, -0.05) is 25.0 Å². The number of nitrogens with zero attached hydrogens (tertiary/aromatic N) is 1. The molecule has 1 saturated heterocycles. The number of aliphatic hydroxyl groups is 1. The first-order chi connectivity index (χ1) is 9.94. The number of hydrogen-bond acceptors (Lipinski definition) is 5. The van der Waals surface area contributed by atoms with Crippen LogP contribution >= 0.6 is 7.75 Å². The molecule has 0 bridgehead atoms. The van der Waals surface area contributed by atoms with E-state index in [9.17, 15) is 9.46 Å². The normalized spacial score (nSPS) is 18.1. The number of carbonyl (C=O) groups excluding carboxylic acids is 1. The fourth-order valence-corrected chi connectivity index (χ4v) is 2.92. The molecule has 0 radical (unpaired) electrons. The Hall–Kier alpha value is -0.560. The van der Waals surface area contributed by atoms with E-state index in [1.807, 2.05) is 6.79 Å². The molecule has 0 saturated carbocycles. The second-order valence-electron chi connectivity index (χ2n) is 4.60. The topological polar surface area (TPSA) is 113 Å². The number of carbonyl (C=O) groups is 1. The van der Waals surface area contributed by atoms with Crippen molar-refractivity contribution >= 4 is 14.5 Å². The highest BCUT2D eigenvalue weighted by molar-refractivity contribution is 7.50. The van der Waals surface area contributed by atoms with E-state index in [4.69, 9.17) is 20.2 Å². The van der Waals surface area contributed by atoms with Gasteiger partial charge in [-0.3, -0.25) is 4.52 Å². The van der Waals surface area contributed by atoms with E-state index in [0.717, 1.165) is 31.3 Å². The Bertz CT molecular complexity index is 305. The molecule has 21 heavy (non-hydrogen) atoms. The fraction of sp³-hybridized carbons (Fsp3) is 0.769. The van der Waals surface area contributed by atoms with Crippen molar-refractivity contribution in [3.8, 4) is 0 Å². The Morgan fingerprint density at radius 3 is 2.05 bits per heavy atom. The van der Waals surface area contributed by atoms with Crippen molar-refractivity contribution in [1.29, 1.82) is 0 Å². The van der Waals surface area contributed by atoms with Crippen molar-refractivity contribution in [2.45, 2.75) is 32.6 Å². The third-order valence-electron chi connectivity index (χ3n) is 2.55. The van der Waals surface area contributed by atoms with Gasteiger partial charge in [-0.05, 0) is 19.8 Å². The van der Waals surface area contributed by atoms with Crippen molar-refractivity contribution in [1.82, 2.24) is 4.67 Å². The van der Waals surface area contributed by atoms with Gasteiger partial charge in [0, 0.05) is 19.6 Å². The molecule has 8 heteroatoms. The maximum absolute atomic E-state index is 11.8. The molecule has 0 spiro atoms. The zero-order chi connectivity index (χ0) is 16.7. The predicted molar refractivity (Wildman–Crippen MR) is 83.9 cm³/mol. The lowest BCUT2D eigenvalue weighted by Crippen LogP contribution is -2.22. The first-order valence-corrected chi connectivity index (χ1v) is 8.44. The van der Waals surface area contributed by atoms with E-state index in [-0.39, 0.29) is 13.2 Å². The quantitative estimate of drug-likeness (QED) is 0.516. The van der Waals surface area contributed by atoms with Gasteiger partial charge in [-0.15, -0.1) is 0 Å². The lowest BCUT2D eigenvalue weighted by atomic mass is 10.2. The van der Waals surface area contributed by atoms with Crippen LogP contribution in [0, 0.1) is 0 Å². The Kier molecular flexibility index (Phi) is 15.6. The average molecular weight is 324 g/mol. The molecule has 1 rings (SSSR count). The minimum atomic E-state index is -3.58. The highest BCUT2D eigenvalue weighted by atomic mass is 31.2. The van der Waals surface area contributed by atoms with Crippen LogP contribution in [0.3, 0.4) is 0 Å². The number of aliphatic hydroxyl groups excluding tert-OH is 1. The van der Waals surface area contributed by atoms with Crippen molar-refractivity contribution in [2.24, 2.45) is 5.73 Å². The van der Waals surface area contributed by atoms with Gasteiger partial charge in [0.15, 0.2) is 0 Å². The lowest BCUT2D eigenvalue weighted by Gasteiger charge is -2.24. The second kappa shape index (κ2) is 14.4. The van der Waals surface area contributed by atoms with Crippen molar-refractivity contribution in [2.75, 3.05) is 32.8 Å². The standard InChI is InChI=1S/C10H20NO3P.C2H7NO.CH2O/c1-10(2)9-14-15(12,13)11-7-5-3-4-6-8-11;3-1-2-4;1-2/h1,3-9H2,2H3,(H,12,13);4H,1-3H2;1H2. The highest BCUT2D eigenvalue weighted by Crippen LogP contribution is 2.47. The summed E-state index contributed by atoms with van der Waals surface area (Å²) in [5.74, 6) is 0. The van der Waals surface area contributed by atoms with E-state index in [1.165, 1.54) is 0 Å². The van der Waals surface area contributed by atoms with Gasteiger partial charge in [0.2, 0.25) is 0 Å². The van der Waals surface area contributed by atoms with Gasteiger partial charge in [0.1, 0.15) is 6.79 Å². The maximum Gasteiger partial charge on any atom is 0.405 e. The third kappa shape index (κ3) is 12.9. The molecular weight excluding hydrogens is 295 g/mol. The van der Waals surface area contributed by atoms with Crippen LogP contribution in [0.15, 0.2) is 12.2 Å².